The molecule has 0 fully saturated rings. The molecular weight excluding hydrogens is 270 g/mol. The third-order valence-corrected chi connectivity index (χ3v) is 4.07. The van der Waals surface area contributed by atoms with Crippen LogP contribution in [-0.4, -0.2) is 29.1 Å². The van der Waals surface area contributed by atoms with Crippen LogP contribution in [0.1, 0.15) is 18.5 Å². The van der Waals surface area contributed by atoms with Crippen molar-refractivity contribution in [1.82, 2.24) is 5.32 Å². The summed E-state index contributed by atoms with van der Waals surface area (Å²) in [6.45, 7) is 2.10. The average molecular weight is 289 g/mol. The molecule has 1 atom stereocenters. The van der Waals surface area contributed by atoms with Crippen molar-refractivity contribution in [3.05, 3.63) is 48.0 Å². The molecule has 20 heavy (non-hydrogen) atoms. The van der Waals surface area contributed by atoms with Gasteiger partial charge in [0, 0.05) is 5.75 Å². The lowest BCUT2D eigenvalue weighted by atomic mass is 10.00. The number of carbonyl (C=O) groups excluding carboxylic acids is 1. The first-order valence-electron chi connectivity index (χ1n) is 6.68. The number of thioether (sulfide) groups is 1. The van der Waals surface area contributed by atoms with E-state index in [1.807, 2.05) is 31.2 Å². The average Bonchev–Trinajstić information content (AvgIpc) is 2.47. The molecule has 0 aliphatic carbocycles. The van der Waals surface area contributed by atoms with E-state index in [1.54, 1.807) is 0 Å². The van der Waals surface area contributed by atoms with Gasteiger partial charge in [-0.2, -0.15) is 0 Å². The van der Waals surface area contributed by atoms with Gasteiger partial charge in [-0.15, -0.1) is 11.8 Å². The highest BCUT2D eigenvalue weighted by molar-refractivity contribution is 7.99. The highest BCUT2D eigenvalue weighted by Crippen LogP contribution is 2.24. The van der Waals surface area contributed by atoms with E-state index in [0.717, 1.165) is 5.56 Å². The van der Waals surface area contributed by atoms with Crippen LogP contribution < -0.4 is 5.32 Å². The minimum absolute atomic E-state index is 0.00360. The Balaban J connectivity index is 2.07. The summed E-state index contributed by atoms with van der Waals surface area (Å²) in [7, 11) is 0. The van der Waals surface area contributed by atoms with Crippen LogP contribution in [0.25, 0.3) is 10.8 Å². The van der Waals surface area contributed by atoms with Crippen LogP contribution in [-0.2, 0) is 4.79 Å². The van der Waals surface area contributed by atoms with Gasteiger partial charge in [-0.3, -0.25) is 4.79 Å². The summed E-state index contributed by atoms with van der Waals surface area (Å²) in [6, 6.07) is 14.3. The maximum absolute atomic E-state index is 11.8. The van der Waals surface area contributed by atoms with Gasteiger partial charge >= 0.3 is 0 Å². The first kappa shape index (κ1) is 14.9. The SMILES string of the molecule is C[C@@H](NC(=O)CSCCO)c1cccc2ccccc12. The fourth-order valence-corrected chi connectivity index (χ4v) is 2.76. The molecule has 0 unspecified atom stereocenters. The summed E-state index contributed by atoms with van der Waals surface area (Å²) < 4.78 is 0. The van der Waals surface area contributed by atoms with Gasteiger partial charge in [0.05, 0.1) is 18.4 Å². The molecule has 2 N–H and O–H groups in total. The summed E-state index contributed by atoms with van der Waals surface area (Å²) in [6.07, 6.45) is 0. The second-order valence-electron chi connectivity index (χ2n) is 4.63. The molecule has 0 heterocycles. The number of hydrogen-bond acceptors (Lipinski definition) is 3. The first-order chi connectivity index (χ1) is 9.72. The lowest BCUT2D eigenvalue weighted by Gasteiger charge is -2.16. The van der Waals surface area contributed by atoms with E-state index < -0.39 is 0 Å². The van der Waals surface area contributed by atoms with E-state index in [-0.39, 0.29) is 18.6 Å². The van der Waals surface area contributed by atoms with E-state index in [2.05, 4.69) is 23.5 Å². The van der Waals surface area contributed by atoms with Crippen LogP contribution in [0.4, 0.5) is 0 Å². The maximum atomic E-state index is 11.8. The van der Waals surface area contributed by atoms with Gasteiger partial charge in [0.15, 0.2) is 0 Å². The monoisotopic (exact) mass is 289 g/mol. The number of fused-ring (bicyclic) bond motifs is 1. The standard InChI is InChI=1S/C16H19NO2S/c1-12(17-16(19)11-20-10-9-18)14-8-4-6-13-5-2-3-7-15(13)14/h2-8,12,18H,9-11H2,1H3,(H,17,19)/t12-/m1/s1. The number of benzene rings is 2. The van der Waals surface area contributed by atoms with Crippen molar-refractivity contribution in [3.63, 3.8) is 0 Å². The fourth-order valence-electron chi connectivity index (χ4n) is 2.22. The van der Waals surface area contributed by atoms with E-state index in [1.165, 1.54) is 22.5 Å². The Kier molecular flexibility index (Phi) is 5.44. The Labute approximate surface area is 123 Å². The zero-order valence-corrected chi connectivity index (χ0v) is 12.3. The highest BCUT2D eigenvalue weighted by atomic mass is 32.2. The second kappa shape index (κ2) is 7.31. The molecule has 2 aromatic rings. The summed E-state index contributed by atoms with van der Waals surface area (Å²) in [5.41, 5.74) is 1.13. The lowest BCUT2D eigenvalue weighted by Crippen LogP contribution is -2.28. The molecule has 2 rings (SSSR count). The van der Waals surface area contributed by atoms with Crippen molar-refractivity contribution in [1.29, 1.82) is 0 Å². The third kappa shape index (κ3) is 3.74. The van der Waals surface area contributed by atoms with Crippen LogP contribution in [0.2, 0.25) is 0 Å². The van der Waals surface area contributed by atoms with Crippen LogP contribution in [0.15, 0.2) is 42.5 Å². The number of carbonyl (C=O) groups is 1. The number of aliphatic hydroxyl groups excluding tert-OH is 1. The fraction of sp³-hybridized carbons (Fsp3) is 0.312. The molecule has 0 bridgehead atoms. The van der Waals surface area contributed by atoms with Gasteiger partial charge in [0.25, 0.3) is 0 Å². The van der Waals surface area contributed by atoms with Crippen molar-refractivity contribution in [2.75, 3.05) is 18.1 Å². The number of rotatable bonds is 6. The predicted octanol–water partition coefficient (Wildman–Crippen LogP) is 2.74. The normalized spacial score (nSPS) is 12.3. The lowest BCUT2D eigenvalue weighted by molar-refractivity contribution is -0.119. The van der Waals surface area contributed by atoms with Gasteiger partial charge in [-0.25, -0.2) is 0 Å². The van der Waals surface area contributed by atoms with E-state index in [0.29, 0.717) is 11.5 Å². The molecule has 0 saturated carbocycles. The van der Waals surface area contributed by atoms with E-state index >= 15 is 0 Å². The largest absolute Gasteiger partial charge is 0.396 e. The van der Waals surface area contributed by atoms with Crippen molar-refractivity contribution in [2.24, 2.45) is 0 Å². The minimum Gasteiger partial charge on any atom is -0.396 e. The second-order valence-corrected chi connectivity index (χ2v) is 5.74. The van der Waals surface area contributed by atoms with Gasteiger partial charge in [-0.05, 0) is 23.3 Å². The summed E-state index contributed by atoms with van der Waals surface area (Å²) >= 11 is 1.44. The number of hydrogen-bond donors (Lipinski definition) is 2. The van der Waals surface area contributed by atoms with Crippen LogP contribution in [0, 0.1) is 0 Å². The Morgan fingerprint density at radius 2 is 2.00 bits per heavy atom. The molecule has 0 saturated heterocycles. The Hall–Kier alpha value is -1.52. The van der Waals surface area contributed by atoms with Crippen LogP contribution in [0.3, 0.4) is 0 Å². The van der Waals surface area contributed by atoms with Gasteiger partial charge in [0.1, 0.15) is 0 Å². The van der Waals surface area contributed by atoms with Crippen LogP contribution in [0.5, 0.6) is 0 Å². The molecule has 3 nitrogen and oxygen atoms in total. The van der Waals surface area contributed by atoms with Crippen molar-refractivity contribution in [2.45, 2.75) is 13.0 Å². The Morgan fingerprint density at radius 3 is 2.80 bits per heavy atom. The number of nitrogens with one attached hydrogen (secondary N) is 1. The molecule has 0 radical (unpaired) electrons. The topological polar surface area (TPSA) is 49.3 Å². The number of aliphatic hydroxyl groups is 1. The Bertz CT molecular complexity index is 580. The van der Waals surface area contributed by atoms with Crippen molar-refractivity contribution in [3.8, 4) is 0 Å². The first-order valence-corrected chi connectivity index (χ1v) is 7.83. The quantitative estimate of drug-likeness (QED) is 0.804. The zero-order chi connectivity index (χ0) is 14.4. The molecular formula is C16H19NO2S. The van der Waals surface area contributed by atoms with E-state index in [9.17, 15) is 4.79 Å². The smallest absolute Gasteiger partial charge is 0.230 e. The summed E-state index contributed by atoms with van der Waals surface area (Å²) in [5, 5.41) is 14.1. The van der Waals surface area contributed by atoms with E-state index in [4.69, 9.17) is 5.11 Å². The number of amides is 1. The van der Waals surface area contributed by atoms with Gasteiger partial charge in [-0.1, -0.05) is 42.5 Å². The zero-order valence-electron chi connectivity index (χ0n) is 11.5. The molecule has 0 aliphatic heterocycles. The molecule has 0 aromatic heterocycles. The van der Waals surface area contributed by atoms with Crippen LogP contribution >= 0.6 is 11.8 Å². The molecule has 4 heteroatoms. The minimum atomic E-state index is -0.0247. The maximum Gasteiger partial charge on any atom is 0.230 e. The molecule has 0 spiro atoms. The van der Waals surface area contributed by atoms with Crippen molar-refractivity contribution < 1.29 is 9.90 Å². The van der Waals surface area contributed by atoms with Crippen molar-refractivity contribution >= 4 is 28.4 Å². The van der Waals surface area contributed by atoms with Gasteiger partial charge in [0.2, 0.25) is 5.91 Å². The molecule has 0 aliphatic rings. The summed E-state index contributed by atoms with van der Waals surface area (Å²) in [5.74, 6) is 0.982. The molecule has 1 amide bonds. The molecule has 2 aromatic carbocycles. The molecule has 106 valence electrons. The highest BCUT2D eigenvalue weighted by Gasteiger charge is 2.11. The predicted molar refractivity (Wildman–Crippen MR) is 84.9 cm³/mol. The van der Waals surface area contributed by atoms with Gasteiger partial charge < -0.3 is 10.4 Å². The summed E-state index contributed by atoms with van der Waals surface area (Å²) in [4.78, 5) is 11.8. The Morgan fingerprint density at radius 1 is 1.25 bits per heavy atom. The third-order valence-electron chi connectivity index (χ3n) is 3.14.